The number of hydrogen-bond acceptors (Lipinski definition) is 4. The van der Waals surface area contributed by atoms with Gasteiger partial charge in [0.15, 0.2) is 17.5 Å². The number of fused-ring (bicyclic) bond motifs is 10. The summed E-state index contributed by atoms with van der Waals surface area (Å²) in [4.78, 5) is 15.2. The van der Waals surface area contributed by atoms with Crippen LogP contribution < -0.4 is 0 Å². The van der Waals surface area contributed by atoms with Crippen molar-refractivity contribution in [3.63, 3.8) is 0 Å². The van der Waals surface area contributed by atoms with Gasteiger partial charge in [-0.05, 0) is 69.4 Å². The molecule has 0 saturated heterocycles. The molecule has 0 aliphatic rings. The molecule has 0 N–H and O–H groups in total. The van der Waals surface area contributed by atoms with Gasteiger partial charge in [-0.15, -0.1) is 0 Å². The van der Waals surface area contributed by atoms with Crippen LogP contribution in [0.5, 0.6) is 0 Å². The molecule has 0 unspecified atom stereocenters. The van der Waals surface area contributed by atoms with Gasteiger partial charge in [0.25, 0.3) is 0 Å². The second-order valence-electron chi connectivity index (χ2n) is 14.5. The fraction of sp³-hybridized carbons (Fsp3) is 0. The first-order chi connectivity index (χ1) is 27.7. The molecule has 12 aromatic rings. The first kappa shape index (κ1) is 30.8. The van der Waals surface area contributed by atoms with Crippen molar-refractivity contribution in [2.75, 3.05) is 0 Å². The average Bonchev–Trinajstić information content (AvgIpc) is 3.81. The topological polar surface area (TPSA) is 56.7 Å². The Bertz CT molecular complexity index is 3460. The van der Waals surface area contributed by atoms with Crippen LogP contribution in [0.25, 0.3) is 116 Å². The molecule has 12 rings (SSSR count). The summed E-state index contributed by atoms with van der Waals surface area (Å²) in [6.07, 6.45) is 0. The third-order valence-electron chi connectivity index (χ3n) is 11.2. The monoisotopic (exact) mass is 714 g/mol. The maximum atomic E-state index is 6.71. The van der Waals surface area contributed by atoms with Crippen LogP contribution in [0.15, 0.2) is 186 Å². The molecule has 0 spiro atoms. The van der Waals surface area contributed by atoms with E-state index in [0.29, 0.717) is 17.5 Å². The van der Waals surface area contributed by atoms with E-state index in [-0.39, 0.29) is 0 Å². The van der Waals surface area contributed by atoms with Gasteiger partial charge in [-0.2, -0.15) is 0 Å². The van der Waals surface area contributed by atoms with Gasteiger partial charge in [-0.25, -0.2) is 15.0 Å². The normalized spacial score (nSPS) is 11.9. The average molecular weight is 715 g/mol. The maximum absolute atomic E-state index is 6.71. The van der Waals surface area contributed by atoms with Crippen LogP contribution in [0.4, 0.5) is 0 Å². The number of hydrogen-bond donors (Lipinski definition) is 0. The highest BCUT2D eigenvalue weighted by atomic mass is 16.3. The minimum atomic E-state index is 0.589. The van der Waals surface area contributed by atoms with E-state index in [1.54, 1.807) is 0 Å². The third kappa shape index (κ3) is 4.78. The largest absolute Gasteiger partial charge is 0.456 e. The van der Waals surface area contributed by atoms with E-state index in [9.17, 15) is 0 Å². The van der Waals surface area contributed by atoms with Crippen LogP contribution in [-0.2, 0) is 0 Å². The predicted molar refractivity (Wildman–Crippen MR) is 230 cm³/mol. The summed E-state index contributed by atoms with van der Waals surface area (Å²) in [5, 5.41) is 11.6. The van der Waals surface area contributed by atoms with Crippen molar-refractivity contribution in [1.29, 1.82) is 0 Å². The molecule has 0 amide bonds. The number of rotatable bonds is 4. The molecular formula is C51H30N4O. The molecular weight excluding hydrogens is 685 g/mol. The standard InChI is InChI=1S/C51H30N4O/c1-3-12-34-27-36(19-17-31(34)9-1)49-52-50(37-20-18-32-10-2-4-13-35(32)28-37)54-51(53-49)38-22-24-42-43-26-23-39(30-47(43)56-46(42)29-38)55-45-16-8-7-15-41(45)44-25-21-33-11-5-6-14-40(33)48(44)55/h1-30H. The Hall–Kier alpha value is -7.63. The molecule has 0 bridgehead atoms. The van der Waals surface area contributed by atoms with Gasteiger partial charge in [0.2, 0.25) is 0 Å². The van der Waals surface area contributed by atoms with Crippen LogP contribution in [-0.4, -0.2) is 19.5 Å². The maximum Gasteiger partial charge on any atom is 0.164 e. The van der Waals surface area contributed by atoms with E-state index < -0.39 is 0 Å². The molecule has 0 aliphatic carbocycles. The molecule has 0 atom stereocenters. The first-order valence-corrected chi connectivity index (χ1v) is 18.8. The summed E-state index contributed by atoms with van der Waals surface area (Å²) in [6, 6.07) is 64.0. The molecule has 5 heteroatoms. The zero-order chi connectivity index (χ0) is 36.7. The van der Waals surface area contributed by atoms with Crippen molar-refractivity contribution < 1.29 is 4.42 Å². The Kier molecular flexibility index (Phi) is 6.56. The van der Waals surface area contributed by atoms with E-state index in [0.717, 1.165) is 60.6 Å². The summed E-state index contributed by atoms with van der Waals surface area (Å²) in [5.41, 5.74) is 7.74. The highest BCUT2D eigenvalue weighted by Gasteiger charge is 2.18. The minimum absolute atomic E-state index is 0.589. The summed E-state index contributed by atoms with van der Waals surface area (Å²) in [7, 11) is 0. The highest BCUT2D eigenvalue weighted by molar-refractivity contribution is 6.19. The second kappa shape index (κ2) is 11.9. The van der Waals surface area contributed by atoms with E-state index >= 15 is 0 Å². The number of nitrogens with zero attached hydrogens (tertiary/aromatic N) is 4. The predicted octanol–water partition coefficient (Wildman–Crippen LogP) is 13.3. The molecule has 0 aliphatic heterocycles. The number of benzene rings is 9. The third-order valence-corrected chi connectivity index (χ3v) is 11.2. The van der Waals surface area contributed by atoms with E-state index in [4.69, 9.17) is 19.4 Å². The van der Waals surface area contributed by atoms with Gasteiger partial charge in [0.05, 0.1) is 11.0 Å². The summed E-state index contributed by atoms with van der Waals surface area (Å²) >= 11 is 0. The first-order valence-electron chi connectivity index (χ1n) is 18.8. The van der Waals surface area contributed by atoms with Crippen LogP contribution in [0, 0.1) is 0 Å². The van der Waals surface area contributed by atoms with Crippen LogP contribution in [0.2, 0.25) is 0 Å². The van der Waals surface area contributed by atoms with Crippen molar-refractivity contribution >= 4 is 76.1 Å². The fourth-order valence-corrected chi connectivity index (χ4v) is 8.46. The van der Waals surface area contributed by atoms with Gasteiger partial charge in [-0.3, -0.25) is 0 Å². The van der Waals surface area contributed by atoms with Crippen molar-refractivity contribution in [1.82, 2.24) is 19.5 Å². The Morgan fingerprint density at radius 3 is 1.50 bits per heavy atom. The van der Waals surface area contributed by atoms with Crippen LogP contribution in [0.3, 0.4) is 0 Å². The lowest BCUT2D eigenvalue weighted by atomic mass is 10.1. The molecule has 3 heterocycles. The van der Waals surface area contributed by atoms with Gasteiger partial charge in [-0.1, -0.05) is 133 Å². The summed E-state index contributed by atoms with van der Waals surface area (Å²) in [6.45, 7) is 0. The fourth-order valence-electron chi connectivity index (χ4n) is 8.46. The van der Waals surface area contributed by atoms with E-state index in [2.05, 4.69) is 187 Å². The van der Waals surface area contributed by atoms with Gasteiger partial charge >= 0.3 is 0 Å². The number of furan rings is 1. The van der Waals surface area contributed by atoms with Gasteiger partial charge in [0.1, 0.15) is 11.2 Å². The lowest BCUT2D eigenvalue weighted by Crippen LogP contribution is -2.00. The molecule has 9 aromatic carbocycles. The molecule has 5 nitrogen and oxygen atoms in total. The molecule has 0 fully saturated rings. The zero-order valence-electron chi connectivity index (χ0n) is 30.0. The Labute approximate surface area is 320 Å². The number of aromatic nitrogens is 4. The summed E-state index contributed by atoms with van der Waals surface area (Å²) in [5.74, 6) is 1.83. The Balaban J connectivity index is 1.02. The van der Waals surface area contributed by atoms with E-state index in [1.165, 1.54) is 37.8 Å². The van der Waals surface area contributed by atoms with Crippen molar-refractivity contribution in [3.05, 3.63) is 182 Å². The van der Waals surface area contributed by atoms with Gasteiger partial charge < -0.3 is 8.98 Å². The van der Waals surface area contributed by atoms with Crippen molar-refractivity contribution in [2.24, 2.45) is 0 Å². The van der Waals surface area contributed by atoms with Crippen molar-refractivity contribution in [2.45, 2.75) is 0 Å². The van der Waals surface area contributed by atoms with E-state index in [1.807, 2.05) is 0 Å². The van der Waals surface area contributed by atoms with Crippen LogP contribution >= 0.6 is 0 Å². The lowest BCUT2D eigenvalue weighted by molar-refractivity contribution is 0.668. The molecule has 260 valence electrons. The minimum Gasteiger partial charge on any atom is -0.456 e. The molecule has 3 aromatic heterocycles. The molecule has 56 heavy (non-hydrogen) atoms. The molecule has 0 saturated carbocycles. The van der Waals surface area contributed by atoms with Crippen molar-refractivity contribution in [3.8, 4) is 39.9 Å². The van der Waals surface area contributed by atoms with Gasteiger partial charge in [0, 0.05) is 55.4 Å². The highest BCUT2D eigenvalue weighted by Crippen LogP contribution is 2.39. The zero-order valence-corrected chi connectivity index (χ0v) is 30.0. The Morgan fingerprint density at radius 1 is 0.339 bits per heavy atom. The number of para-hydroxylation sites is 1. The summed E-state index contributed by atoms with van der Waals surface area (Å²) < 4.78 is 9.08. The molecule has 0 radical (unpaired) electrons. The smallest absolute Gasteiger partial charge is 0.164 e. The second-order valence-corrected chi connectivity index (χ2v) is 14.5. The SMILES string of the molecule is c1ccc2cc(-c3nc(-c4ccc5ccccc5c4)nc(-c4ccc5c(c4)oc4cc(-n6c7ccccc7c7ccc8ccccc8c76)ccc45)n3)ccc2c1. The quantitative estimate of drug-likeness (QED) is 0.182. The van der Waals surface area contributed by atoms with Crippen LogP contribution in [0.1, 0.15) is 0 Å². The lowest BCUT2D eigenvalue weighted by Gasteiger charge is -2.10. The Morgan fingerprint density at radius 2 is 0.821 bits per heavy atom.